The first-order valence-corrected chi connectivity index (χ1v) is 13.4. The average Bonchev–Trinajstić information content (AvgIpc) is 3.61. The van der Waals surface area contributed by atoms with Crippen molar-refractivity contribution in [3.63, 3.8) is 0 Å². The number of pyridine rings is 1. The van der Waals surface area contributed by atoms with Crippen LogP contribution in [-0.4, -0.2) is 45.3 Å². The minimum atomic E-state index is -0.168. The number of hydrogen-bond acceptors (Lipinski definition) is 5. The first-order chi connectivity index (χ1) is 17.5. The summed E-state index contributed by atoms with van der Waals surface area (Å²) in [5, 5.41) is 5.49. The molecule has 6 rings (SSSR count). The first-order valence-electron chi connectivity index (χ1n) is 12.2. The number of carbonyl (C=O) groups is 2. The van der Waals surface area contributed by atoms with E-state index < -0.39 is 0 Å². The molecule has 1 aliphatic heterocycles. The SMILES string of the molecule is Cc1nc(C(=O)N2[C@@H]3CC[C@@H](C3)[C@H]2CNC(=O)c2cccc3cccnc23)c(-c2cccc(Cl)c2)s1. The molecule has 4 aromatic rings. The number of aromatic nitrogens is 2. The zero-order chi connectivity index (χ0) is 24.8. The number of halogens is 1. The van der Waals surface area contributed by atoms with Gasteiger partial charge in [0.1, 0.15) is 5.69 Å². The molecule has 36 heavy (non-hydrogen) atoms. The first kappa shape index (κ1) is 23.1. The zero-order valence-corrected chi connectivity index (χ0v) is 21.4. The van der Waals surface area contributed by atoms with E-state index in [0.717, 1.165) is 40.1 Å². The Bertz CT molecular complexity index is 1480. The molecule has 2 aromatic heterocycles. The van der Waals surface area contributed by atoms with Gasteiger partial charge in [-0.05, 0) is 61.9 Å². The molecule has 3 atom stereocenters. The predicted molar refractivity (Wildman–Crippen MR) is 142 cm³/mol. The zero-order valence-electron chi connectivity index (χ0n) is 19.8. The molecule has 8 heteroatoms. The highest BCUT2D eigenvalue weighted by atomic mass is 35.5. The Kier molecular flexibility index (Phi) is 5.97. The summed E-state index contributed by atoms with van der Waals surface area (Å²) in [5.74, 6) is 0.144. The van der Waals surface area contributed by atoms with Crippen molar-refractivity contribution in [1.82, 2.24) is 20.2 Å². The number of rotatable bonds is 5. The van der Waals surface area contributed by atoms with E-state index in [1.54, 1.807) is 12.3 Å². The Morgan fingerprint density at radius 2 is 1.97 bits per heavy atom. The summed E-state index contributed by atoms with van der Waals surface area (Å²) in [5.41, 5.74) is 2.60. The summed E-state index contributed by atoms with van der Waals surface area (Å²) < 4.78 is 0. The standard InChI is InChI=1S/C28H25ClN4O2S/c1-16-32-25(26(36-16)19-6-2-8-20(29)13-19)28(35)33-21-11-10-18(14-21)23(33)15-31-27(34)22-9-3-5-17-7-4-12-30-24(17)22/h2-9,12-13,18,21,23H,10-11,14-15H2,1H3,(H,31,34)/t18-,21+,23+/m0/s1. The molecule has 3 heterocycles. The van der Waals surface area contributed by atoms with Crippen molar-refractivity contribution in [2.45, 2.75) is 38.3 Å². The van der Waals surface area contributed by atoms with Crippen LogP contribution in [0.5, 0.6) is 0 Å². The highest BCUT2D eigenvalue weighted by molar-refractivity contribution is 7.15. The van der Waals surface area contributed by atoms with Gasteiger partial charge in [0.05, 0.1) is 27.0 Å². The molecule has 2 amide bonds. The molecule has 6 nitrogen and oxygen atoms in total. The third-order valence-electron chi connectivity index (χ3n) is 7.35. The van der Waals surface area contributed by atoms with Gasteiger partial charge < -0.3 is 10.2 Å². The van der Waals surface area contributed by atoms with Crippen LogP contribution < -0.4 is 5.32 Å². The van der Waals surface area contributed by atoms with E-state index in [2.05, 4.69) is 15.3 Å². The smallest absolute Gasteiger partial charge is 0.274 e. The van der Waals surface area contributed by atoms with Crippen LogP contribution in [0, 0.1) is 12.8 Å². The van der Waals surface area contributed by atoms with Gasteiger partial charge in [0.25, 0.3) is 11.8 Å². The normalized spacial score (nSPS) is 20.7. The number of nitrogens with zero attached hydrogens (tertiary/aromatic N) is 3. The number of piperidine rings is 1. The van der Waals surface area contributed by atoms with Crippen LogP contribution >= 0.6 is 22.9 Å². The van der Waals surface area contributed by atoms with Gasteiger partial charge in [-0.25, -0.2) is 4.98 Å². The van der Waals surface area contributed by atoms with Crippen molar-refractivity contribution >= 4 is 45.7 Å². The maximum absolute atomic E-state index is 13.9. The summed E-state index contributed by atoms with van der Waals surface area (Å²) in [4.78, 5) is 39.0. The van der Waals surface area contributed by atoms with E-state index in [9.17, 15) is 9.59 Å². The molecule has 0 radical (unpaired) electrons. The van der Waals surface area contributed by atoms with Gasteiger partial charge in [0.15, 0.2) is 0 Å². The summed E-state index contributed by atoms with van der Waals surface area (Å²) in [6.07, 6.45) is 4.73. The number of fused-ring (bicyclic) bond motifs is 3. The Hall–Kier alpha value is -3.29. The lowest BCUT2D eigenvalue weighted by Gasteiger charge is -2.35. The number of carbonyl (C=O) groups excluding carboxylic acids is 2. The van der Waals surface area contributed by atoms with E-state index in [-0.39, 0.29) is 23.9 Å². The van der Waals surface area contributed by atoms with E-state index in [0.29, 0.717) is 34.3 Å². The van der Waals surface area contributed by atoms with Gasteiger partial charge >= 0.3 is 0 Å². The second kappa shape index (κ2) is 9.30. The summed E-state index contributed by atoms with van der Waals surface area (Å²) in [6, 6.07) is 17.1. The number of aryl methyl sites for hydroxylation is 1. The second-order valence-electron chi connectivity index (χ2n) is 9.52. The summed E-state index contributed by atoms with van der Waals surface area (Å²) in [7, 11) is 0. The van der Waals surface area contributed by atoms with Gasteiger partial charge in [-0.15, -0.1) is 11.3 Å². The number of nitrogens with one attached hydrogen (secondary N) is 1. The third kappa shape index (κ3) is 4.06. The van der Waals surface area contributed by atoms with Crippen LogP contribution in [0.1, 0.15) is 45.1 Å². The van der Waals surface area contributed by atoms with Crippen molar-refractivity contribution in [2.24, 2.45) is 5.92 Å². The van der Waals surface area contributed by atoms with Gasteiger partial charge in [-0.1, -0.05) is 41.9 Å². The fourth-order valence-corrected chi connectivity index (χ4v) is 6.87. The molecule has 182 valence electrons. The van der Waals surface area contributed by atoms with Crippen LogP contribution in [0.15, 0.2) is 60.8 Å². The van der Waals surface area contributed by atoms with Crippen molar-refractivity contribution in [2.75, 3.05) is 6.54 Å². The maximum atomic E-state index is 13.9. The molecule has 1 N–H and O–H groups in total. The Morgan fingerprint density at radius 1 is 1.14 bits per heavy atom. The van der Waals surface area contributed by atoms with Crippen LogP contribution in [0.25, 0.3) is 21.3 Å². The number of amides is 2. The highest BCUT2D eigenvalue weighted by Crippen LogP contribution is 2.44. The average molecular weight is 517 g/mol. The largest absolute Gasteiger partial charge is 0.350 e. The van der Waals surface area contributed by atoms with E-state index in [1.165, 1.54) is 11.3 Å². The Balaban J connectivity index is 1.26. The van der Waals surface area contributed by atoms with Gasteiger partial charge in [-0.3, -0.25) is 14.6 Å². The summed E-state index contributed by atoms with van der Waals surface area (Å²) in [6.45, 7) is 2.33. The van der Waals surface area contributed by atoms with E-state index in [1.807, 2.05) is 60.4 Å². The number of hydrogen-bond donors (Lipinski definition) is 1. The lowest BCUT2D eigenvalue weighted by atomic mass is 9.97. The van der Waals surface area contributed by atoms with Crippen molar-refractivity contribution < 1.29 is 9.59 Å². The van der Waals surface area contributed by atoms with Crippen molar-refractivity contribution in [1.29, 1.82) is 0 Å². The van der Waals surface area contributed by atoms with Gasteiger partial charge in [0, 0.05) is 29.2 Å². The topological polar surface area (TPSA) is 75.2 Å². The molecule has 0 unspecified atom stereocenters. The molecule has 1 saturated heterocycles. The van der Waals surface area contributed by atoms with Crippen LogP contribution in [0.3, 0.4) is 0 Å². The lowest BCUT2D eigenvalue weighted by Crippen LogP contribution is -2.50. The molecule has 2 bridgehead atoms. The minimum absolute atomic E-state index is 0.0580. The number of thiazole rings is 1. The quantitative estimate of drug-likeness (QED) is 0.367. The minimum Gasteiger partial charge on any atom is -0.350 e. The van der Waals surface area contributed by atoms with Crippen molar-refractivity contribution in [3.8, 4) is 10.4 Å². The molecular weight excluding hydrogens is 492 g/mol. The van der Waals surface area contributed by atoms with Gasteiger partial charge in [0.2, 0.25) is 0 Å². The van der Waals surface area contributed by atoms with Crippen LogP contribution in [-0.2, 0) is 0 Å². The van der Waals surface area contributed by atoms with E-state index in [4.69, 9.17) is 11.6 Å². The van der Waals surface area contributed by atoms with Gasteiger partial charge in [-0.2, -0.15) is 0 Å². The Labute approximate surface area is 218 Å². The molecular formula is C28H25ClN4O2S. The third-order valence-corrected chi connectivity index (χ3v) is 8.60. The molecule has 1 aliphatic carbocycles. The maximum Gasteiger partial charge on any atom is 0.274 e. The van der Waals surface area contributed by atoms with Crippen LogP contribution in [0.2, 0.25) is 5.02 Å². The lowest BCUT2D eigenvalue weighted by molar-refractivity contribution is 0.0577. The monoisotopic (exact) mass is 516 g/mol. The molecule has 0 spiro atoms. The number of likely N-dealkylation sites (tertiary alicyclic amines) is 1. The highest BCUT2D eigenvalue weighted by Gasteiger charge is 2.49. The number of benzene rings is 2. The number of para-hydroxylation sites is 1. The van der Waals surface area contributed by atoms with E-state index >= 15 is 0 Å². The molecule has 2 aliphatic rings. The predicted octanol–water partition coefficient (Wildman–Crippen LogP) is 5.74. The molecule has 2 fully saturated rings. The van der Waals surface area contributed by atoms with Crippen LogP contribution in [0.4, 0.5) is 0 Å². The fourth-order valence-electron chi connectivity index (χ4n) is 5.77. The summed E-state index contributed by atoms with van der Waals surface area (Å²) >= 11 is 7.74. The van der Waals surface area contributed by atoms with Crippen molar-refractivity contribution in [3.05, 3.63) is 82.1 Å². The molecule has 1 saturated carbocycles. The molecule has 2 aromatic carbocycles. The second-order valence-corrected chi connectivity index (χ2v) is 11.2. The fraction of sp³-hybridized carbons (Fsp3) is 0.286. The Morgan fingerprint density at radius 3 is 2.83 bits per heavy atom.